The molecule has 3 aromatic rings. The number of hydrogen-bond acceptors (Lipinski definition) is 4. The summed E-state index contributed by atoms with van der Waals surface area (Å²) < 4.78 is 5.37. The zero-order valence-electron chi connectivity index (χ0n) is 15.6. The molecule has 1 aliphatic rings. The average molecular weight is 363 g/mol. The average Bonchev–Trinajstić information content (AvgIpc) is 2.70. The van der Waals surface area contributed by atoms with E-state index in [2.05, 4.69) is 17.9 Å². The van der Waals surface area contributed by atoms with E-state index in [0.29, 0.717) is 25.0 Å². The quantitative estimate of drug-likeness (QED) is 0.716. The van der Waals surface area contributed by atoms with Gasteiger partial charge in [0.25, 0.3) is 0 Å². The molecule has 4 heteroatoms. The van der Waals surface area contributed by atoms with Gasteiger partial charge in [-0.15, -0.1) is 0 Å². The highest BCUT2D eigenvalue weighted by Gasteiger charge is 2.33. The molecular weight excluding hydrogens is 338 g/mol. The molecule has 0 unspecified atom stereocenters. The van der Waals surface area contributed by atoms with Gasteiger partial charge in [0.15, 0.2) is 0 Å². The fraction of sp³-hybridized carbons (Fsp3) is 0.348. The van der Waals surface area contributed by atoms with Crippen molar-refractivity contribution in [2.75, 3.05) is 13.1 Å². The minimum absolute atomic E-state index is 0.306. The SMILES string of the molecule is CCc1ccc2oc(=O)cc(CN3CCC(O)(c4ccccc4)CC3)c2c1. The van der Waals surface area contributed by atoms with Crippen LogP contribution in [0.5, 0.6) is 0 Å². The Kier molecular flexibility index (Phi) is 4.85. The van der Waals surface area contributed by atoms with E-state index in [1.165, 1.54) is 5.56 Å². The Labute approximate surface area is 159 Å². The summed E-state index contributed by atoms with van der Waals surface area (Å²) in [5.74, 6) is 0. The van der Waals surface area contributed by atoms with E-state index in [1.54, 1.807) is 6.07 Å². The van der Waals surface area contributed by atoms with Gasteiger partial charge in [-0.25, -0.2) is 4.79 Å². The molecule has 27 heavy (non-hydrogen) atoms. The van der Waals surface area contributed by atoms with Crippen LogP contribution in [0.15, 0.2) is 63.8 Å². The first kappa shape index (κ1) is 18.0. The normalized spacial score (nSPS) is 17.3. The minimum atomic E-state index is -0.759. The summed E-state index contributed by atoms with van der Waals surface area (Å²) in [5, 5.41) is 12.0. The van der Waals surface area contributed by atoms with E-state index in [1.807, 2.05) is 42.5 Å². The lowest BCUT2D eigenvalue weighted by Gasteiger charge is -2.38. The number of aliphatic hydroxyl groups is 1. The molecule has 2 heterocycles. The molecular formula is C23H25NO3. The summed E-state index contributed by atoms with van der Waals surface area (Å²) in [7, 11) is 0. The van der Waals surface area contributed by atoms with Crippen molar-refractivity contribution in [1.82, 2.24) is 4.90 Å². The lowest BCUT2D eigenvalue weighted by atomic mass is 9.84. The molecule has 0 radical (unpaired) electrons. The maximum Gasteiger partial charge on any atom is 0.336 e. The number of nitrogens with zero attached hydrogens (tertiary/aromatic N) is 1. The molecule has 0 aliphatic carbocycles. The van der Waals surface area contributed by atoms with Gasteiger partial charge >= 0.3 is 5.63 Å². The Balaban J connectivity index is 1.55. The van der Waals surface area contributed by atoms with Crippen LogP contribution in [0.25, 0.3) is 11.0 Å². The van der Waals surface area contributed by atoms with Crippen molar-refractivity contribution in [3.63, 3.8) is 0 Å². The smallest absolute Gasteiger partial charge is 0.336 e. The molecule has 4 rings (SSSR count). The van der Waals surface area contributed by atoms with Gasteiger partial charge in [0.2, 0.25) is 0 Å². The summed E-state index contributed by atoms with van der Waals surface area (Å²) in [6.45, 7) is 4.40. The van der Waals surface area contributed by atoms with Crippen LogP contribution in [-0.2, 0) is 18.6 Å². The third kappa shape index (κ3) is 3.68. The van der Waals surface area contributed by atoms with Crippen LogP contribution in [0.2, 0.25) is 0 Å². The van der Waals surface area contributed by atoms with Crippen molar-refractivity contribution in [3.05, 3.63) is 81.7 Å². The van der Waals surface area contributed by atoms with Crippen LogP contribution in [0.4, 0.5) is 0 Å². The second kappa shape index (κ2) is 7.29. The lowest BCUT2D eigenvalue weighted by Crippen LogP contribution is -2.42. The first-order chi connectivity index (χ1) is 13.1. The standard InChI is InChI=1S/C23H25NO3/c1-2-17-8-9-21-20(14-17)18(15-22(25)27-21)16-24-12-10-23(26,11-13-24)19-6-4-3-5-7-19/h3-9,14-15,26H,2,10-13,16H2,1H3. The molecule has 1 fully saturated rings. The third-order valence-corrected chi connectivity index (χ3v) is 5.69. The molecule has 0 spiro atoms. The van der Waals surface area contributed by atoms with E-state index in [4.69, 9.17) is 4.42 Å². The van der Waals surface area contributed by atoms with Gasteiger partial charge in [-0.3, -0.25) is 4.90 Å². The Hall–Kier alpha value is -2.43. The van der Waals surface area contributed by atoms with Crippen LogP contribution in [0.3, 0.4) is 0 Å². The first-order valence-electron chi connectivity index (χ1n) is 9.63. The van der Waals surface area contributed by atoms with Gasteiger partial charge in [0.1, 0.15) is 5.58 Å². The van der Waals surface area contributed by atoms with Crippen molar-refractivity contribution in [2.24, 2.45) is 0 Å². The van der Waals surface area contributed by atoms with Gasteiger partial charge in [-0.2, -0.15) is 0 Å². The van der Waals surface area contributed by atoms with Gasteiger partial charge in [0, 0.05) is 31.1 Å². The van der Waals surface area contributed by atoms with Crippen molar-refractivity contribution in [3.8, 4) is 0 Å². The van der Waals surface area contributed by atoms with Crippen molar-refractivity contribution < 1.29 is 9.52 Å². The number of benzene rings is 2. The highest BCUT2D eigenvalue weighted by Crippen LogP contribution is 2.33. The molecule has 2 aromatic carbocycles. The maximum absolute atomic E-state index is 12.0. The molecule has 1 saturated heterocycles. The minimum Gasteiger partial charge on any atom is -0.423 e. The second-order valence-electron chi connectivity index (χ2n) is 7.45. The van der Waals surface area contributed by atoms with E-state index >= 15 is 0 Å². The second-order valence-corrected chi connectivity index (χ2v) is 7.45. The van der Waals surface area contributed by atoms with E-state index in [0.717, 1.165) is 36.0 Å². The largest absolute Gasteiger partial charge is 0.423 e. The molecule has 4 nitrogen and oxygen atoms in total. The molecule has 1 aliphatic heterocycles. The Morgan fingerprint density at radius 3 is 2.52 bits per heavy atom. The number of fused-ring (bicyclic) bond motifs is 1. The van der Waals surface area contributed by atoms with E-state index < -0.39 is 5.60 Å². The van der Waals surface area contributed by atoms with Crippen molar-refractivity contribution in [1.29, 1.82) is 0 Å². The summed E-state index contributed by atoms with van der Waals surface area (Å²) in [6.07, 6.45) is 2.33. The Bertz CT molecular complexity index is 985. The molecule has 140 valence electrons. The van der Waals surface area contributed by atoms with Crippen LogP contribution < -0.4 is 5.63 Å². The highest BCUT2D eigenvalue weighted by molar-refractivity contribution is 5.80. The van der Waals surface area contributed by atoms with Crippen LogP contribution in [0, 0.1) is 0 Å². The molecule has 0 saturated carbocycles. The van der Waals surface area contributed by atoms with Gasteiger partial charge in [-0.05, 0) is 48.1 Å². The van der Waals surface area contributed by atoms with E-state index in [-0.39, 0.29) is 5.63 Å². The molecule has 1 aromatic heterocycles. The number of rotatable bonds is 4. The molecule has 0 atom stereocenters. The number of likely N-dealkylation sites (tertiary alicyclic amines) is 1. The third-order valence-electron chi connectivity index (χ3n) is 5.69. The topological polar surface area (TPSA) is 53.7 Å². The van der Waals surface area contributed by atoms with Crippen LogP contribution in [-0.4, -0.2) is 23.1 Å². The predicted molar refractivity (Wildman–Crippen MR) is 107 cm³/mol. The van der Waals surface area contributed by atoms with Crippen LogP contribution >= 0.6 is 0 Å². The molecule has 0 bridgehead atoms. The van der Waals surface area contributed by atoms with E-state index in [9.17, 15) is 9.90 Å². The monoisotopic (exact) mass is 363 g/mol. The van der Waals surface area contributed by atoms with Gasteiger partial charge < -0.3 is 9.52 Å². The fourth-order valence-corrected chi connectivity index (χ4v) is 3.98. The maximum atomic E-state index is 12.0. The van der Waals surface area contributed by atoms with Gasteiger partial charge in [-0.1, -0.05) is 43.3 Å². The number of hydrogen-bond donors (Lipinski definition) is 1. The van der Waals surface area contributed by atoms with Gasteiger partial charge in [0.05, 0.1) is 5.60 Å². The van der Waals surface area contributed by atoms with Crippen LogP contribution in [0.1, 0.15) is 36.5 Å². The molecule has 1 N–H and O–H groups in total. The summed E-state index contributed by atoms with van der Waals surface area (Å²) in [6, 6.07) is 17.5. The predicted octanol–water partition coefficient (Wildman–Crippen LogP) is 3.84. The zero-order valence-corrected chi connectivity index (χ0v) is 15.6. The first-order valence-corrected chi connectivity index (χ1v) is 9.63. The lowest BCUT2D eigenvalue weighted by molar-refractivity contribution is -0.0276. The zero-order chi connectivity index (χ0) is 18.9. The molecule has 0 amide bonds. The number of aryl methyl sites for hydroxylation is 1. The summed E-state index contributed by atoms with van der Waals surface area (Å²) in [5.41, 5.74) is 2.80. The van der Waals surface area contributed by atoms with Crippen molar-refractivity contribution >= 4 is 11.0 Å². The fourth-order valence-electron chi connectivity index (χ4n) is 3.98. The van der Waals surface area contributed by atoms with Crippen molar-refractivity contribution in [2.45, 2.75) is 38.3 Å². The summed E-state index contributed by atoms with van der Waals surface area (Å²) >= 11 is 0. The number of piperidine rings is 1. The Morgan fingerprint density at radius 1 is 1.07 bits per heavy atom. The Morgan fingerprint density at radius 2 is 1.81 bits per heavy atom. The highest BCUT2D eigenvalue weighted by atomic mass is 16.4. The summed E-state index contributed by atoms with van der Waals surface area (Å²) in [4.78, 5) is 14.3.